The average molecular weight is 559 g/mol. The van der Waals surface area contributed by atoms with Crippen molar-refractivity contribution in [2.75, 3.05) is 27.2 Å². The number of fused-ring (bicyclic) bond motifs is 7. The average Bonchev–Trinajstić information content (AvgIpc) is 3.34. The van der Waals surface area contributed by atoms with Crippen LogP contribution in [0.5, 0.6) is 0 Å². The minimum absolute atomic E-state index is 0.00721. The minimum atomic E-state index is -2.13. The van der Waals surface area contributed by atoms with Gasteiger partial charge in [-0.25, -0.2) is 8.78 Å². The second-order valence-electron chi connectivity index (χ2n) is 13.3. The third-order valence-corrected chi connectivity index (χ3v) is 11.5. The van der Waals surface area contributed by atoms with Crippen LogP contribution in [0.1, 0.15) is 38.7 Å². The van der Waals surface area contributed by atoms with Gasteiger partial charge in [0, 0.05) is 50.1 Å². The molecule has 0 spiro atoms. The molecule has 0 aromatic heterocycles. The van der Waals surface area contributed by atoms with E-state index in [0.29, 0.717) is 31.1 Å². The number of hydrogen-bond acceptors (Lipinski definition) is 4. The van der Waals surface area contributed by atoms with Crippen LogP contribution in [0.2, 0.25) is 5.02 Å². The summed E-state index contributed by atoms with van der Waals surface area (Å²) in [5.41, 5.74) is -3.93. The largest absolute Gasteiger partial charge is 0.390 e. The molecule has 1 aliphatic heterocycles. The van der Waals surface area contributed by atoms with Crippen molar-refractivity contribution in [2.45, 2.75) is 57.6 Å². The highest BCUT2D eigenvalue weighted by Crippen LogP contribution is 2.74. The van der Waals surface area contributed by atoms with Gasteiger partial charge in [0.25, 0.3) is 0 Å². The lowest BCUT2D eigenvalue weighted by Gasteiger charge is -2.63. The predicted octanol–water partition coefficient (Wildman–Crippen LogP) is 4.78. The van der Waals surface area contributed by atoms with Gasteiger partial charge in [0.15, 0.2) is 11.5 Å². The van der Waals surface area contributed by atoms with Crippen molar-refractivity contribution in [3.63, 3.8) is 0 Å². The maximum absolute atomic E-state index is 17.6. The number of likely N-dealkylation sites (tertiary alicyclic amines) is 1. The molecule has 1 saturated heterocycles. The zero-order valence-corrected chi connectivity index (χ0v) is 23.7. The molecule has 9 atom stereocenters. The maximum atomic E-state index is 17.6. The first-order valence-corrected chi connectivity index (χ1v) is 14.3. The lowest BCUT2D eigenvalue weighted by molar-refractivity contribution is -0.213. The number of aliphatic hydroxyl groups excluding tert-OH is 1. The van der Waals surface area contributed by atoms with Crippen LogP contribution in [-0.4, -0.2) is 71.7 Å². The van der Waals surface area contributed by atoms with E-state index in [1.807, 2.05) is 31.2 Å². The molecule has 1 heterocycles. The van der Waals surface area contributed by atoms with E-state index >= 15 is 8.78 Å². The van der Waals surface area contributed by atoms with Gasteiger partial charge in [0.05, 0.1) is 11.5 Å². The standard InChI is InChI=1S/C31H37ClF2N2O3/c1-28-9-8-21(37)12-24(28)25(33)13-23-22-11-19-16-36(15-18-6-5-7-20(32)10-18)17-30(19,27(39)35(3)4)29(22,2)14-26(38)31(23,28)34/h5-10,12,19,22-23,25-26,38H,11,13-17H2,1-4H3/t19-,22-,23-,25-,26-,28-,29-,30+,31-/m0/s1. The van der Waals surface area contributed by atoms with Gasteiger partial charge in [0.2, 0.25) is 5.91 Å². The summed E-state index contributed by atoms with van der Waals surface area (Å²) < 4.78 is 33.4. The quantitative estimate of drug-likeness (QED) is 0.580. The zero-order valence-electron chi connectivity index (χ0n) is 23.0. The molecule has 6 rings (SSSR count). The van der Waals surface area contributed by atoms with E-state index in [9.17, 15) is 14.7 Å². The van der Waals surface area contributed by atoms with E-state index in [-0.39, 0.29) is 41.9 Å². The van der Waals surface area contributed by atoms with E-state index in [2.05, 4.69) is 4.90 Å². The lowest BCUT2D eigenvalue weighted by atomic mass is 9.43. The Morgan fingerprint density at radius 1 is 1.23 bits per heavy atom. The number of nitrogens with zero attached hydrogens (tertiary/aromatic N) is 2. The first kappa shape index (κ1) is 27.1. The molecule has 4 aliphatic carbocycles. The summed E-state index contributed by atoms with van der Waals surface area (Å²) in [5, 5.41) is 12.4. The number of halogens is 3. The fourth-order valence-corrected chi connectivity index (χ4v) is 9.86. The van der Waals surface area contributed by atoms with Gasteiger partial charge in [-0.2, -0.15) is 0 Å². The summed E-state index contributed by atoms with van der Waals surface area (Å²) in [6.45, 7) is 5.44. The third kappa shape index (κ3) is 3.42. The van der Waals surface area contributed by atoms with Crippen LogP contribution in [-0.2, 0) is 16.1 Å². The molecule has 1 amide bonds. The highest BCUT2D eigenvalue weighted by Gasteiger charge is 2.78. The summed E-state index contributed by atoms with van der Waals surface area (Å²) in [6, 6.07) is 7.70. The van der Waals surface area contributed by atoms with Gasteiger partial charge in [-0.15, -0.1) is 0 Å². The highest BCUT2D eigenvalue weighted by atomic mass is 35.5. The Morgan fingerprint density at radius 3 is 2.67 bits per heavy atom. The Bertz CT molecular complexity index is 1300. The van der Waals surface area contributed by atoms with E-state index in [4.69, 9.17) is 11.6 Å². The molecular formula is C31H37ClF2N2O3. The molecule has 3 saturated carbocycles. The van der Waals surface area contributed by atoms with Gasteiger partial charge >= 0.3 is 0 Å². The van der Waals surface area contributed by atoms with E-state index in [0.717, 1.165) is 5.56 Å². The number of ketones is 1. The molecule has 5 aliphatic rings. The highest BCUT2D eigenvalue weighted by molar-refractivity contribution is 6.30. The Kier molecular flexibility index (Phi) is 6.05. The van der Waals surface area contributed by atoms with Crippen LogP contribution in [0.15, 0.2) is 48.1 Å². The molecular weight excluding hydrogens is 522 g/mol. The van der Waals surface area contributed by atoms with Gasteiger partial charge in [-0.3, -0.25) is 14.5 Å². The van der Waals surface area contributed by atoms with Crippen molar-refractivity contribution in [1.82, 2.24) is 9.80 Å². The SMILES string of the molecule is CN(C)C(=O)[C@@]12CN(Cc3cccc(Cl)c3)C[C@@H]1C[C@H]1[C@@H]3C[C@H](F)C4=CC(=O)C=C[C@]4(C)[C@@]3(F)[C@@H](O)C[C@@]12C. The first-order chi connectivity index (χ1) is 18.3. The van der Waals surface area contributed by atoms with Crippen molar-refractivity contribution in [2.24, 2.45) is 34.0 Å². The topological polar surface area (TPSA) is 60.9 Å². The monoisotopic (exact) mass is 558 g/mol. The van der Waals surface area contributed by atoms with Crippen molar-refractivity contribution in [3.8, 4) is 0 Å². The number of allylic oxidation sites excluding steroid dienone is 4. The molecule has 0 unspecified atom stereocenters. The number of hydrogen-bond donors (Lipinski definition) is 1. The molecule has 4 fully saturated rings. The Hall–Kier alpha value is -2.09. The number of alkyl halides is 2. The Morgan fingerprint density at radius 2 is 1.97 bits per heavy atom. The second kappa shape index (κ2) is 8.70. The molecule has 0 radical (unpaired) electrons. The molecule has 1 N–H and O–H groups in total. The number of aliphatic hydroxyl groups is 1. The molecule has 210 valence electrons. The van der Waals surface area contributed by atoms with Gasteiger partial charge in [-0.1, -0.05) is 36.7 Å². The lowest BCUT2D eigenvalue weighted by Crippen LogP contribution is -2.70. The van der Waals surface area contributed by atoms with Gasteiger partial charge in [0.1, 0.15) is 6.17 Å². The van der Waals surface area contributed by atoms with Crippen LogP contribution in [0, 0.1) is 34.0 Å². The van der Waals surface area contributed by atoms with Crippen LogP contribution in [0.3, 0.4) is 0 Å². The summed E-state index contributed by atoms with van der Waals surface area (Å²) in [7, 11) is 3.51. The van der Waals surface area contributed by atoms with E-state index in [1.165, 1.54) is 18.2 Å². The number of carbonyl (C=O) groups is 2. The summed E-state index contributed by atoms with van der Waals surface area (Å²) in [5.74, 6) is -1.47. The number of amides is 1. The molecule has 39 heavy (non-hydrogen) atoms. The van der Waals surface area contributed by atoms with Crippen molar-refractivity contribution >= 4 is 23.3 Å². The van der Waals surface area contributed by atoms with Gasteiger partial charge in [-0.05, 0) is 78.9 Å². The number of benzene rings is 1. The van der Waals surface area contributed by atoms with Crippen molar-refractivity contribution in [1.29, 1.82) is 0 Å². The predicted molar refractivity (Wildman–Crippen MR) is 145 cm³/mol. The van der Waals surface area contributed by atoms with Crippen LogP contribution in [0.4, 0.5) is 8.78 Å². The Labute approximate surface area is 233 Å². The molecule has 1 aromatic rings. The molecule has 8 heteroatoms. The minimum Gasteiger partial charge on any atom is -0.390 e. The normalized spacial score (nSPS) is 44.8. The Balaban J connectivity index is 1.41. The fraction of sp³-hybridized carbons (Fsp3) is 0.613. The van der Waals surface area contributed by atoms with Crippen LogP contribution >= 0.6 is 11.6 Å². The zero-order chi connectivity index (χ0) is 28.1. The first-order valence-electron chi connectivity index (χ1n) is 13.9. The summed E-state index contributed by atoms with van der Waals surface area (Å²) >= 11 is 6.23. The fourth-order valence-electron chi connectivity index (χ4n) is 9.64. The van der Waals surface area contributed by atoms with Crippen LogP contribution in [0.25, 0.3) is 0 Å². The number of carbonyl (C=O) groups excluding carboxylic acids is 2. The smallest absolute Gasteiger partial charge is 0.230 e. The van der Waals surface area contributed by atoms with Crippen LogP contribution < -0.4 is 0 Å². The second-order valence-corrected chi connectivity index (χ2v) is 13.7. The molecule has 0 bridgehead atoms. The maximum Gasteiger partial charge on any atom is 0.230 e. The third-order valence-electron chi connectivity index (χ3n) is 11.3. The van der Waals surface area contributed by atoms with Gasteiger partial charge < -0.3 is 10.0 Å². The van der Waals surface area contributed by atoms with Crippen molar-refractivity contribution in [3.05, 3.63) is 58.7 Å². The van der Waals surface area contributed by atoms with E-state index < -0.39 is 40.1 Å². The number of rotatable bonds is 3. The summed E-state index contributed by atoms with van der Waals surface area (Å²) in [6.07, 6.45) is 1.71. The van der Waals surface area contributed by atoms with Crippen molar-refractivity contribution < 1.29 is 23.5 Å². The summed E-state index contributed by atoms with van der Waals surface area (Å²) in [4.78, 5) is 30.2. The van der Waals surface area contributed by atoms with E-state index in [1.54, 1.807) is 25.9 Å². The molecule has 1 aromatic carbocycles. The molecule has 5 nitrogen and oxygen atoms in total.